The van der Waals surface area contributed by atoms with Crippen LogP contribution in [0.25, 0.3) is 11.0 Å². The van der Waals surface area contributed by atoms with Gasteiger partial charge in [0.1, 0.15) is 5.82 Å². The molecule has 4 aromatic rings. The highest BCUT2D eigenvalue weighted by atomic mass is 35.5. The summed E-state index contributed by atoms with van der Waals surface area (Å²) in [5.41, 5.74) is 6.58. The summed E-state index contributed by atoms with van der Waals surface area (Å²) in [7, 11) is 0. The first-order chi connectivity index (χ1) is 15.3. The number of aromatic amines is 1. The van der Waals surface area contributed by atoms with Gasteiger partial charge in [0.2, 0.25) is 0 Å². The average molecular weight is 447 g/mol. The molecule has 0 spiro atoms. The van der Waals surface area contributed by atoms with Gasteiger partial charge in [0.25, 0.3) is 0 Å². The molecule has 0 aliphatic heterocycles. The second-order valence-corrected chi connectivity index (χ2v) is 9.19. The Morgan fingerprint density at radius 1 is 1.03 bits per heavy atom. The van der Waals surface area contributed by atoms with E-state index in [1.54, 1.807) is 18.2 Å². The number of nitrogens with one attached hydrogen (secondary N) is 1. The molecule has 1 unspecified atom stereocenters. The topological polar surface area (TPSA) is 66.0 Å². The van der Waals surface area contributed by atoms with Crippen molar-refractivity contribution in [1.29, 1.82) is 0 Å². The van der Waals surface area contributed by atoms with Crippen LogP contribution in [0.3, 0.4) is 0 Å². The van der Waals surface area contributed by atoms with Crippen LogP contribution in [0, 0.1) is 5.92 Å². The zero-order valence-corrected chi connectivity index (χ0v) is 19.3. The smallest absolute Gasteiger partial charge is 0.335 e. The van der Waals surface area contributed by atoms with Crippen LogP contribution >= 0.6 is 11.6 Å². The quantitative estimate of drug-likeness (QED) is 0.326. The van der Waals surface area contributed by atoms with Gasteiger partial charge in [-0.25, -0.2) is 9.78 Å². The highest BCUT2D eigenvalue weighted by Gasteiger charge is 2.19. The number of imidazole rings is 1. The van der Waals surface area contributed by atoms with Gasteiger partial charge in [-0.1, -0.05) is 68.8 Å². The van der Waals surface area contributed by atoms with Crippen LogP contribution in [0.2, 0.25) is 5.02 Å². The summed E-state index contributed by atoms with van der Waals surface area (Å²) in [6.45, 7) is 6.58. The number of fused-ring (bicyclic) bond motifs is 1. The Bertz CT molecular complexity index is 1280. The van der Waals surface area contributed by atoms with Gasteiger partial charge in [-0.15, -0.1) is 0 Å². The second kappa shape index (κ2) is 9.17. The number of aromatic nitrogens is 2. The molecule has 5 heteroatoms. The summed E-state index contributed by atoms with van der Waals surface area (Å²) in [5, 5.41) is 10.0. The monoisotopic (exact) mass is 446 g/mol. The molecule has 3 aromatic carbocycles. The Labute approximate surface area is 193 Å². The van der Waals surface area contributed by atoms with Crippen LogP contribution in [0.5, 0.6) is 0 Å². The average Bonchev–Trinajstić information content (AvgIpc) is 3.18. The first kappa shape index (κ1) is 22.1. The first-order valence-corrected chi connectivity index (χ1v) is 11.3. The van der Waals surface area contributed by atoms with Crippen molar-refractivity contribution in [2.45, 2.75) is 39.5 Å². The van der Waals surface area contributed by atoms with E-state index in [2.05, 4.69) is 50.0 Å². The van der Waals surface area contributed by atoms with Crippen LogP contribution in [0.4, 0.5) is 0 Å². The lowest BCUT2D eigenvalue weighted by molar-refractivity contribution is 0.0697. The van der Waals surface area contributed by atoms with Crippen molar-refractivity contribution in [3.63, 3.8) is 0 Å². The number of carbonyl (C=O) groups is 1. The van der Waals surface area contributed by atoms with E-state index >= 15 is 0 Å². The Hall–Kier alpha value is -3.11. The molecule has 0 radical (unpaired) electrons. The lowest BCUT2D eigenvalue weighted by Crippen LogP contribution is -2.06. The van der Waals surface area contributed by atoms with E-state index in [1.807, 2.05) is 18.2 Å². The number of benzene rings is 3. The van der Waals surface area contributed by atoms with Crippen molar-refractivity contribution in [3.05, 3.63) is 99.3 Å². The zero-order valence-electron chi connectivity index (χ0n) is 18.5. The van der Waals surface area contributed by atoms with Gasteiger partial charge >= 0.3 is 5.97 Å². The second-order valence-electron chi connectivity index (χ2n) is 8.78. The van der Waals surface area contributed by atoms with Crippen molar-refractivity contribution >= 4 is 28.6 Å². The Balaban J connectivity index is 1.74. The fourth-order valence-corrected chi connectivity index (χ4v) is 4.40. The van der Waals surface area contributed by atoms with Crippen LogP contribution in [-0.2, 0) is 12.8 Å². The normalized spacial score (nSPS) is 12.4. The number of aromatic carboxylic acids is 1. The van der Waals surface area contributed by atoms with Gasteiger partial charge in [0.15, 0.2) is 0 Å². The van der Waals surface area contributed by atoms with E-state index in [1.165, 1.54) is 16.7 Å². The molecule has 0 bridgehead atoms. The standard InChI is InChI=1S/C27H27ClN2O2/c1-16(2)12-18-8-10-22(21(13-18)14-19-6-4-5-7-23(19)28)17(3)26-29-24-11-9-20(27(31)32)15-25(24)30-26/h4-11,13,15-17H,12,14H2,1-3H3,(H,29,30)(H,31,32). The molecule has 164 valence electrons. The first-order valence-electron chi connectivity index (χ1n) is 10.9. The van der Waals surface area contributed by atoms with E-state index in [4.69, 9.17) is 16.6 Å². The molecule has 0 amide bonds. The molecular weight excluding hydrogens is 420 g/mol. The molecule has 1 heterocycles. The number of carboxylic acid groups (broad SMARTS) is 1. The molecule has 0 saturated heterocycles. The summed E-state index contributed by atoms with van der Waals surface area (Å²) in [4.78, 5) is 19.4. The van der Waals surface area contributed by atoms with Gasteiger partial charge < -0.3 is 10.1 Å². The van der Waals surface area contributed by atoms with Crippen LogP contribution in [-0.4, -0.2) is 21.0 Å². The third-order valence-electron chi connectivity index (χ3n) is 5.81. The molecule has 4 nitrogen and oxygen atoms in total. The summed E-state index contributed by atoms with van der Waals surface area (Å²) < 4.78 is 0. The Kier molecular flexibility index (Phi) is 6.33. The number of rotatable bonds is 7. The Morgan fingerprint density at radius 3 is 2.53 bits per heavy atom. The number of halogens is 1. The zero-order chi connectivity index (χ0) is 22.8. The maximum atomic E-state index is 11.3. The van der Waals surface area contributed by atoms with Crippen LogP contribution < -0.4 is 0 Å². The number of hydrogen-bond acceptors (Lipinski definition) is 2. The molecule has 1 aromatic heterocycles. The lowest BCUT2D eigenvalue weighted by Gasteiger charge is -2.18. The van der Waals surface area contributed by atoms with Crippen molar-refractivity contribution in [1.82, 2.24) is 9.97 Å². The maximum absolute atomic E-state index is 11.3. The number of hydrogen-bond donors (Lipinski definition) is 2. The predicted molar refractivity (Wildman–Crippen MR) is 130 cm³/mol. The summed E-state index contributed by atoms with van der Waals surface area (Å²) in [6.07, 6.45) is 1.77. The molecule has 0 fully saturated rings. The largest absolute Gasteiger partial charge is 0.478 e. The highest BCUT2D eigenvalue weighted by molar-refractivity contribution is 6.31. The van der Waals surface area contributed by atoms with Crippen molar-refractivity contribution in [2.24, 2.45) is 5.92 Å². The van der Waals surface area contributed by atoms with Crippen LogP contribution in [0.15, 0.2) is 60.7 Å². The fourth-order valence-electron chi connectivity index (χ4n) is 4.19. The van der Waals surface area contributed by atoms with E-state index in [0.717, 1.165) is 40.3 Å². The van der Waals surface area contributed by atoms with Gasteiger partial charge in [0, 0.05) is 10.9 Å². The molecule has 4 rings (SSSR count). The van der Waals surface area contributed by atoms with Crippen LogP contribution in [0.1, 0.15) is 65.1 Å². The summed E-state index contributed by atoms with van der Waals surface area (Å²) >= 11 is 6.47. The number of H-pyrrole nitrogens is 1. The fraction of sp³-hybridized carbons (Fsp3) is 0.259. The van der Waals surface area contributed by atoms with E-state index < -0.39 is 5.97 Å². The molecule has 32 heavy (non-hydrogen) atoms. The third-order valence-corrected chi connectivity index (χ3v) is 6.18. The molecule has 0 aliphatic carbocycles. The number of nitrogens with zero attached hydrogens (tertiary/aromatic N) is 1. The minimum Gasteiger partial charge on any atom is -0.478 e. The highest BCUT2D eigenvalue weighted by Crippen LogP contribution is 2.31. The Morgan fingerprint density at radius 2 is 1.81 bits per heavy atom. The molecule has 2 N–H and O–H groups in total. The van der Waals surface area contributed by atoms with E-state index in [9.17, 15) is 9.90 Å². The molecule has 1 atom stereocenters. The van der Waals surface area contributed by atoms with Crippen molar-refractivity contribution in [3.8, 4) is 0 Å². The van der Waals surface area contributed by atoms with Gasteiger partial charge in [-0.2, -0.15) is 0 Å². The van der Waals surface area contributed by atoms with Gasteiger partial charge in [-0.3, -0.25) is 0 Å². The molecule has 0 aliphatic rings. The summed E-state index contributed by atoms with van der Waals surface area (Å²) in [6, 6.07) is 19.6. The maximum Gasteiger partial charge on any atom is 0.335 e. The predicted octanol–water partition coefficient (Wildman–Crippen LogP) is 6.86. The van der Waals surface area contributed by atoms with E-state index in [-0.39, 0.29) is 11.5 Å². The van der Waals surface area contributed by atoms with E-state index in [0.29, 0.717) is 5.92 Å². The SMILES string of the molecule is CC(C)Cc1ccc(C(C)c2nc3ccc(C(=O)O)cc3[nH]2)c(Cc2ccccc2Cl)c1. The molecular formula is C27H27ClN2O2. The minimum atomic E-state index is -0.945. The van der Waals surface area contributed by atoms with Gasteiger partial charge in [0.05, 0.1) is 16.6 Å². The summed E-state index contributed by atoms with van der Waals surface area (Å²) in [5.74, 6) is 0.463. The van der Waals surface area contributed by atoms with Crippen molar-refractivity contribution in [2.75, 3.05) is 0 Å². The van der Waals surface area contributed by atoms with Crippen molar-refractivity contribution < 1.29 is 9.90 Å². The van der Waals surface area contributed by atoms with Gasteiger partial charge in [-0.05, 0) is 65.3 Å². The third kappa shape index (κ3) is 4.71. The minimum absolute atomic E-state index is 0.0151. The number of carboxylic acids is 1. The lowest BCUT2D eigenvalue weighted by atomic mass is 9.88. The molecule has 0 saturated carbocycles.